The van der Waals surface area contributed by atoms with Crippen LogP contribution in [0.15, 0.2) is 18.2 Å². The number of nitrogens with zero attached hydrogens (tertiary/aromatic N) is 3. The van der Waals surface area contributed by atoms with E-state index in [1.807, 2.05) is 18.2 Å². The maximum Gasteiger partial charge on any atom is 0.251 e. The van der Waals surface area contributed by atoms with Gasteiger partial charge in [-0.05, 0) is 37.5 Å². The highest BCUT2D eigenvalue weighted by molar-refractivity contribution is 5.97. The van der Waals surface area contributed by atoms with E-state index in [-0.39, 0.29) is 5.91 Å². The van der Waals surface area contributed by atoms with Crippen LogP contribution in [0.4, 0.5) is 0 Å². The molecule has 0 spiro atoms. The fourth-order valence-electron chi connectivity index (χ4n) is 4.56. The summed E-state index contributed by atoms with van der Waals surface area (Å²) in [7, 11) is 0. The Bertz CT molecular complexity index is 847. The lowest BCUT2D eigenvalue weighted by molar-refractivity contribution is 0.0383. The Balaban J connectivity index is 1.29. The van der Waals surface area contributed by atoms with Gasteiger partial charge >= 0.3 is 0 Å². The number of hydrogen-bond donors (Lipinski definition) is 1. The van der Waals surface area contributed by atoms with Crippen molar-refractivity contribution in [2.45, 2.75) is 31.1 Å². The van der Waals surface area contributed by atoms with Crippen LogP contribution in [0.3, 0.4) is 0 Å². The van der Waals surface area contributed by atoms with Crippen molar-refractivity contribution in [3.63, 3.8) is 0 Å². The van der Waals surface area contributed by atoms with Crippen LogP contribution in [0.5, 0.6) is 0 Å². The van der Waals surface area contributed by atoms with Gasteiger partial charge in [-0.15, -0.1) is 0 Å². The van der Waals surface area contributed by atoms with E-state index in [1.165, 1.54) is 30.7 Å². The topological polar surface area (TPSA) is 67.4 Å². The van der Waals surface area contributed by atoms with Crippen LogP contribution < -0.4 is 5.32 Å². The standard InChI is InChI=1S/C20H24N4O2/c25-20(21-5-6-24-7-9-26-10-8-24)15-3-4-16-17(12-15)23-19-14-2-1-13(11-14)18(19)22-16/h3-4,12-14H,1-2,5-11H2,(H,21,25). The highest BCUT2D eigenvalue weighted by atomic mass is 16.5. The van der Waals surface area contributed by atoms with E-state index in [4.69, 9.17) is 14.7 Å². The first kappa shape index (κ1) is 16.1. The summed E-state index contributed by atoms with van der Waals surface area (Å²) >= 11 is 0. The summed E-state index contributed by atoms with van der Waals surface area (Å²) in [4.78, 5) is 24.5. The molecule has 2 heterocycles. The molecule has 6 heteroatoms. The van der Waals surface area contributed by atoms with E-state index in [0.717, 1.165) is 43.9 Å². The molecule has 1 aromatic heterocycles. The van der Waals surface area contributed by atoms with Crippen LogP contribution >= 0.6 is 0 Å². The third-order valence-corrected chi connectivity index (χ3v) is 6.01. The SMILES string of the molecule is O=C(NCCN1CCOCC1)c1ccc2nc3c(nc2c1)C1CCC3C1. The molecule has 3 aliphatic rings. The number of amides is 1. The zero-order valence-electron chi connectivity index (χ0n) is 14.9. The van der Waals surface area contributed by atoms with Crippen molar-refractivity contribution in [2.24, 2.45) is 0 Å². The third kappa shape index (κ3) is 2.87. The largest absolute Gasteiger partial charge is 0.379 e. The summed E-state index contributed by atoms with van der Waals surface area (Å²) in [6, 6.07) is 5.69. The van der Waals surface area contributed by atoms with Crippen molar-refractivity contribution in [3.8, 4) is 0 Å². The summed E-state index contributed by atoms with van der Waals surface area (Å²) in [6.45, 7) is 4.95. The Morgan fingerprint density at radius 1 is 1.12 bits per heavy atom. The summed E-state index contributed by atoms with van der Waals surface area (Å²) < 4.78 is 5.35. The minimum absolute atomic E-state index is 0.0380. The van der Waals surface area contributed by atoms with E-state index in [1.54, 1.807) is 0 Å². The average molecular weight is 352 g/mol. The fourth-order valence-corrected chi connectivity index (χ4v) is 4.56. The smallest absolute Gasteiger partial charge is 0.251 e. The van der Waals surface area contributed by atoms with E-state index in [0.29, 0.717) is 23.9 Å². The van der Waals surface area contributed by atoms with Crippen LogP contribution in [0.2, 0.25) is 0 Å². The molecule has 2 aromatic rings. The fraction of sp³-hybridized carbons (Fsp3) is 0.550. The van der Waals surface area contributed by atoms with Gasteiger partial charge in [-0.1, -0.05) is 0 Å². The highest BCUT2D eigenvalue weighted by Gasteiger charge is 2.39. The first-order valence-corrected chi connectivity index (χ1v) is 9.68. The van der Waals surface area contributed by atoms with Crippen molar-refractivity contribution in [3.05, 3.63) is 35.2 Å². The number of benzene rings is 1. The average Bonchev–Trinajstić information content (AvgIpc) is 3.29. The normalized spacial score (nSPS) is 24.8. The van der Waals surface area contributed by atoms with Gasteiger partial charge in [0.15, 0.2) is 0 Å². The first-order valence-electron chi connectivity index (χ1n) is 9.68. The molecule has 2 atom stereocenters. The summed E-state index contributed by atoms with van der Waals surface area (Å²) in [5, 5.41) is 3.02. The summed E-state index contributed by atoms with van der Waals surface area (Å²) in [5.74, 6) is 1.15. The monoisotopic (exact) mass is 352 g/mol. The lowest BCUT2D eigenvalue weighted by Gasteiger charge is -2.26. The Morgan fingerprint density at radius 3 is 2.62 bits per heavy atom. The van der Waals surface area contributed by atoms with Crippen LogP contribution in [0, 0.1) is 0 Å². The highest BCUT2D eigenvalue weighted by Crippen LogP contribution is 2.51. The summed E-state index contributed by atoms with van der Waals surface area (Å²) in [5.41, 5.74) is 4.80. The van der Waals surface area contributed by atoms with E-state index in [9.17, 15) is 4.79 Å². The summed E-state index contributed by atoms with van der Waals surface area (Å²) in [6.07, 6.45) is 3.70. The lowest BCUT2D eigenvalue weighted by Crippen LogP contribution is -2.41. The Labute approximate surface area is 152 Å². The molecule has 1 amide bonds. The number of fused-ring (bicyclic) bond motifs is 6. The number of aromatic nitrogens is 2. The second-order valence-corrected chi connectivity index (χ2v) is 7.61. The predicted octanol–water partition coefficient (Wildman–Crippen LogP) is 2.06. The zero-order valence-corrected chi connectivity index (χ0v) is 14.9. The maximum atomic E-state index is 12.5. The molecule has 2 aliphatic carbocycles. The number of ether oxygens (including phenoxy) is 1. The molecule has 1 aromatic carbocycles. The molecular formula is C20H24N4O2. The minimum atomic E-state index is -0.0380. The number of morpholine rings is 1. The maximum absolute atomic E-state index is 12.5. The first-order chi connectivity index (χ1) is 12.8. The van der Waals surface area contributed by atoms with Crippen LogP contribution in [0.25, 0.3) is 11.0 Å². The van der Waals surface area contributed by atoms with Gasteiger partial charge in [-0.25, -0.2) is 9.97 Å². The molecule has 1 N–H and O–H groups in total. The molecule has 5 rings (SSSR count). The van der Waals surface area contributed by atoms with Gasteiger partial charge in [-0.2, -0.15) is 0 Å². The number of rotatable bonds is 4. The van der Waals surface area contributed by atoms with E-state index < -0.39 is 0 Å². The van der Waals surface area contributed by atoms with Crippen LogP contribution in [-0.4, -0.2) is 60.2 Å². The molecule has 1 saturated heterocycles. The van der Waals surface area contributed by atoms with E-state index in [2.05, 4.69) is 10.2 Å². The lowest BCUT2D eigenvalue weighted by atomic mass is 10.00. The molecule has 2 bridgehead atoms. The molecule has 0 radical (unpaired) electrons. The number of carbonyl (C=O) groups is 1. The third-order valence-electron chi connectivity index (χ3n) is 6.01. The molecular weight excluding hydrogens is 328 g/mol. The second kappa shape index (κ2) is 6.59. The Hall–Kier alpha value is -2.05. The van der Waals surface area contributed by atoms with Gasteiger partial charge in [0, 0.05) is 43.6 Å². The van der Waals surface area contributed by atoms with Gasteiger partial charge in [0.05, 0.1) is 35.6 Å². The van der Waals surface area contributed by atoms with Gasteiger partial charge in [-0.3, -0.25) is 9.69 Å². The molecule has 1 saturated carbocycles. The van der Waals surface area contributed by atoms with Gasteiger partial charge < -0.3 is 10.1 Å². The minimum Gasteiger partial charge on any atom is -0.379 e. The molecule has 2 unspecified atom stereocenters. The Kier molecular flexibility index (Phi) is 4.10. The molecule has 136 valence electrons. The number of hydrogen-bond acceptors (Lipinski definition) is 5. The van der Waals surface area contributed by atoms with Gasteiger partial charge in [0.2, 0.25) is 0 Å². The van der Waals surface area contributed by atoms with Gasteiger partial charge in [0.1, 0.15) is 0 Å². The molecule has 26 heavy (non-hydrogen) atoms. The van der Waals surface area contributed by atoms with Crippen LogP contribution in [0.1, 0.15) is 52.8 Å². The van der Waals surface area contributed by atoms with Crippen molar-refractivity contribution >= 4 is 16.9 Å². The second-order valence-electron chi connectivity index (χ2n) is 7.61. The van der Waals surface area contributed by atoms with Crippen molar-refractivity contribution in [2.75, 3.05) is 39.4 Å². The number of carbonyl (C=O) groups excluding carboxylic acids is 1. The van der Waals surface area contributed by atoms with Crippen molar-refractivity contribution < 1.29 is 9.53 Å². The zero-order chi connectivity index (χ0) is 17.5. The van der Waals surface area contributed by atoms with E-state index >= 15 is 0 Å². The van der Waals surface area contributed by atoms with Crippen molar-refractivity contribution in [1.29, 1.82) is 0 Å². The van der Waals surface area contributed by atoms with Crippen LogP contribution in [-0.2, 0) is 4.74 Å². The molecule has 6 nitrogen and oxygen atoms in total. The quantitative estimate of drug-likeness (QED) is 0.912. The Morgan fingerprint density at radius 2 is 1.85 bits per heavy atom. The predicted molar refractivity (Wildman–Crippen MR) is 98.5 cm³/mol. The van der Waals surface area contributed by atoms with Gasteiger partial charge in [0.25, 0.3) is 5.91 Å². The number of nitrogens with one attached hydrogen (secondary N) is 1. The molecule has 2 fully saturated rings. The molecule has 1 aliphatic heterocycles. The van der Waals surface area contributed by atoms with Crippen molar-refractivity contribution in [1.82, 2.24) is 20.2 Å².